The second-order valence-corrected chi connectivity index (χ2v) is 23.2. The van der Waals surface area contributed by atoms with Crippen molar-refractivity contribution in [3.05, 3.63) is 0 Å². The Hall–Kier alpha value is -0.236. The van der Waals surface area contributed by atoms with Crippen molar-refractivity contribution < 1.29 is 31.0 Å². The Labute approximate surface area is 189 Å². The molecule has 186 valence electrons. The number of hydrogen-bond donors (Lipinski definition) is 0. The smallest absolute Gasteiger partial charge is 0.417 e. The summed E-state index contributed by atoms with van der Waals surface area (Å²) in [6, 6.07) is 0. The van der Waals surface area contributed by atoms with E-state index < -0.39 is 38.4 Å². The number of rotatable bonds is 10. The molecule has 0 atom stereocenters. The fourth-order valence-electron chi connectivity index (χ4n) is 2.05. The molecular formula is C20H42F3NO4SSi2. The van der Waals surface area contributed by atoms with Crippen LogP contribution in [0.15, 0.2) is 4.36 Å². The standard InChI is InChI=1S/C20H42F3NO4SSi2/c1-18(2,3)30(7,8)27-13-11-15-29(26,24-17(25)20(21,22)23)16-12-14-28-31(9,10)19(4,5)6/h11-16H2,1-10H3. The molecule has 0 unspecified atom stereocenters. The molecule has 0 aromatic carbocycles. The Morgan fingerprint density at radius 1 is 0.806 bits per heavy atom. The summed E-state index contributed by atoms with van der Waals surface area (Å²) in [5.74, 6) is -2.50. The zero-order chi connectivity index (χ0) is 24.9. The van der Waals surface area contributed by atoms with Crippen molar-refractivity contribution in [1.29, 1.82) is 0 Å². The largest absolute Gasteiger partial charge is 0.474 e. The van der Waals surface area contributed by atoms with Crippen LogP contribution < -0.4 is 0 Å². The lowest BCUT2D eigenvalue weighted by atomic mass is 10.2. The van der Waals surface area contributed by atoms with Gasteiger partial charge in [-0.2, -0.15) is 17.5 Å². The van der Waals surface area contributed by atoms with Crippen LogP contribution in [0.5, 0.6) is 0 Å². The SMILES string of the molecule is CC(C)(C)[Si](C)(C)OCCCS(=O)(CCCO[Si](C)(C)C(C)(C)C)=NC(=O)C(F)(F)F. The van der Waals surface area contributed by atoms with E-state index in [1.165, 1.54) is 0 Å². The molecule has 1 amide bonds. The minimum absolute atomic E-state index is 0.00782. The Morgan fingerprint density at radius 2 is 1.13 bits per heavy atom. The van der Waals surface area contributed by atoms with Crippen LogP contribution in [-0.2, 0) is 23.4 Å². The summed E-state index contributed by atoms with van der Waals surface area (Å²) in [5, 5.41) is -0.0156. The van der Waals surface area contributed by atoms with Crippen molar-refractivity contribution in [3.8, 4) is 0 Å². The highest BCUT2D eigenvalue weighted by atomic mass is 32.2. The van der Waals surface area contributed by atoms with Gasteiger partial charge in [0.25, 0.3) is 0 Å². The molecular weight excluding hydrogens is 463 g/mol. The van der Waals surface area contributed by atoms with E-state index in [2.05, 4.69) is 72.1 Å². The summed E-state index contributed by atoms with van der Waals surface area (Å²) in [6.07, 6.45) is -4.57. The number of carbonyl (C=O) groups is 1. The molecule has 11 heteroatoms. The van der Waals surface area contributed by atoms with Crippen LogP contribution in [0.3, 0.4) is 0 Å². The van der Waals surface area contributed by atoms with Gasteiger partial charge in [0.05, 0.1) is 9.73 Å². The third-order valence-electron chi connectivity index (χ3n) is 6.25. The van der Waals surface area contributed by atoms with Gasteiger partial charge in [-0.05, 0) is 49.1 Å². The first kappa shape index (κ1) is 30.8. The first-order valence-electron chi connectivity index (χ1n) is 10.7. The van der Waals surface area contributed by atoms with Crippen molar-refractivity contribution >= 4 is 32.3 Å². The van der Waals surface area contributed by atoms with E-state index in [-0.39, 0.29) is 47.6 Å². The molecule has 0 aromatic rings. The van der Waals surface area contributed by atoms with Crippen LogP contribution in [0.2, 0.25) is 36.3 Å². The summed E-state index contributed by atoms with van der Waals surface area (Å²) in [7, 11) is -7.39. The van der Waals surface area contributed by atoms with Gasteiger partial charge in [-0.3, -0.25) is 4.79 Å². The van der Waals surface area contributed by atoms with E-state index in [4.69, 9.17) is 8.85 Å². The molecule has 0 saturated heterocycles. The van der Waals surface area contributed by atoms with Gasteiger partial charge in [0.1, 0.15) is 0 Å². The van der Waals surface area contributed by atoms with E-state index >= 15 is 0 Å². The maximum atomic E-state index is 13.1. The van der Waals surface area contributed by atoms with Gasteiger partial charge in [0.2, 0.25) is 0 Å². The zero-order valence-corrected chi connectivity index (χ0v) is 23.7. The Balaban J connectivity index is 5.16. The molecule has 0 N–H and O–H groups in total. The third kappa shape index (κ3) is 10.5. The maximum Gasteiger partial charge on any atom is 0.474 e. The molecule has 0 radical (unpaired) electrons. The van der Waals surface area contributed by atoms with E-state index in [1.54, 1.807) is 0 Å². The van der Waals surface area contributed by atoms with Crippen LogP contribution >= 0.6 is 0 Å². The zero-order valence-electron chi connectivity index (χ0n) is 20.9. The monoisotopic (exact) mass is 505 g/mol. The van der Waals surface area contributed by atoms with E-state index in [0.29, 0.717) is 0 Å². The van der Waals surface area contributed by atoms with Gasteiger partial charge in [0.15, 0.2) is 16.6 Å². The number of carbonyl (C=O) groups excluding carboxylic acids is 1. The summed E-state index contributed by atoms with van der Waals surface area (Å²) in [6.45, 7) is 21.4. The summed E-state index contributed by atoms with van der Waals surface area (Å²) in [4.78, 5) is 11.4. The second kappa shape index (κ2) is 10.8. The number of halogens is 3. The van der Waals surface area contributed by atoms with Crippen molar-refractivity contribution in [2.45, 2.75) is 96.8 Å². The molecule has 0 heterocycles. The van der Waals surface area contributed by atoms with Gasteiger partial charge in [-0.15, -0.1) is 0 Å². The highest BCUT2D eigenvalue weighted by molar-refractivity contribution is 7.93. The molecule has 0 bridgehead atoms. The molecule has 0 spiro atoms. The number of nitrogens with zero attached hydrogens (tertiary/aromatic N) is 1. The topological polar surface area (TPSA) is 65.0 Å². The predicted octanol–water partition coefficient (Wildman–Crippen LogP) is 6.37. The molecule has 0 aliphatic carbocycles. The van der Waals surface area contributed by atoms with Gasteiger partial charge in [-0.1, -0.05) is 41.5 Å². The average molecular weight is 506 g/mol. The molecule has 0 saturated carbocycles. The quantitative estimate of drug-likeness (QED) is 0.256. The van der Waals surface area contributed by atoms with Gasteiger partial charge >= 0.3 is 12.1 Å². The van der Waals surface area contributed by atoms with Gasteiger partial charge < -0.3 is 8.85 Å². The first-order chi connectivity index (χ1) is 13.5. The number of alkyl halides is 3. The molecule has 0 aliphatic heterocycles. The fourth-order valence-corrected chi connectivity index (χ4v) is 6.16. The van der Waals surface area contributed by atoms with Crippen molar-refractivity contribution in [2.75, 3.05) is 24.7 Å². The maximum absolute atomic E-state index is 13.1. The Morgan fingerprint density at radius 3 is 1.39 bits per heavy atom. The normalized spacial score (nSPS) is 14.6. The molecule has 0 aliphatic rings. The number of amides is 1. The predicted molar refractivity (Wildman–Crippen MR) is 127 cm³/mol. The highest BCUT2D eigenvalue weighted by Gasteiger charge is 2.40. The van der Waals surface area contributed by atoms with Crippen LogP contribution in [-0.4, -0.2) is 57.6 Å². The van der Waals surface area contributed by atoms with E-state index in [1.807, 2.05) is 0 Å². The third-order valence-corrected chi connectivity index (χ3v) is 17.7. The van der Waals surface area contributed by atoms with Gasteiger partial charge in [0, 0.05) is 24.7 Å². The van der Waals surface area contributed by atoms with Crippen LogP contribution in [0.4, 0.5) is 13.2 Å². The van der Waals surface area contributed by atoms with Crippen LogP contribution in [0.25, 0.3) is 0 Å². The fraction of sp³-hybridized carbons (Fsp3) is 0.950. The highest BCUT2D eigenvalue weighted by Crippen LogP contribution is 2.37. The van der Waals surface area contributed by atoms with Crippen LogP contribution in [0, 0.1) is 0 Å². The molecule has 5 nitrogen and oxygen atoms in total. The molecule has 0 fully saturated rings. The molecule has 31 heavy (non-hydrogen) atoms. The van der Waals surface area contributed by atoms with Crippen LogP contribution in [0.1, 0.15) is 54.4 Å². The average Bonchev–Trinajstić information content (AvgIpc) is 2.53. The summed E-state index contributed by atoms with van der Waals surface area (Å²) >= 11 is 0. The molecule has 0 aromatic heterocycles. The Bertz CT molecular complexity index is 677. The first-order valence-corrected chi connectivity index (χ1v) is 18.3. The van der Waals surface area contributed by atoms with Crippen molar-refractivity contribution in [2.24, 2.45) is 4.36 Å². The van der Waals surface area contributed by atoms with E-state index in [9.17, 15) is 22.2 Å². The lowest BCUT2D eigenvalue weighted by Crippen LogP contribution is -2.41. The van der Waals surface area contributed by atoms with Gasteiger partial charge in [-0.25, -0.2) is 4.21 Å². The van der Waals surface area contributed by atoms with Crippen molar-refractivity contribution in [3.63, 3.8) is 0 Å². The second-order valence-electron chi connectivity index (χ2n) is 11.0. The van der Waals surface area contributed by atoms with E-state index in [0.717, 1.165) is 0 Å². The minimum atomic E-state index is -5.13. The lowest BCUT2D eigenvalue weighted by Gasteiger charge is -2.36. The summed E-state index contributed by atoms with van der Waals surface area (Å²) in [5.41, 5.74) is 0. The minimum Gasteiger partial charge on any atom is -0.417 e. The summed E-state index contributed by atoms with van der Waals surface area (Å²) < 4.78 is 66.4. The number of hydrogen-bond acceptors (Lipinski definition) is 4. The Kier molecular flexibility index (Phi) is 10.7. The molecule has 0 rings (SSSR count). The van der Waals surface area contributed by atoms with Crippen molar-refractivity contribution in [1.82, 2.24) is 0 Å². The lowest BCUT2D eigenvalue weighted by molar-refractivity contribution is -0.169.